The van der Waals surface area contributed by atoms with Gasteiger partial charge >= 0.3 is 5.97 Å². The maximum atomic E-state index is 11.8. The van der Waals surface area contributed by atoms with E-state index in [1.807, 2.05) is 38.1 Å². The Hall–Kier alpha value is -1.55. The number of carbonyl (C=O) groups is 1. The fourth-order valence-electron chi connectivity index (χ4n) is 2.45. The van der Waals surface area contributed by atoms with E-state index in [-0.39, 0.29) is 12.5 Å². The number of hydrogen-bond donors (Lipinski definition) is 2. The fraction of sp³-hybridized carbons (Fsp3) is 0.562. The van der Waals surface area contributed by atoms with E-state index < -0.39 is 11.5 Å². The molecule has 1 aromatic carbocycles. The molecule has 1 aliphatic rings. The van der Waals surface area contributed by atoms with Crippen LogP contribution in [0.4, 0.5) is 0 Å². The lowest BCUT2D eigenvalue weighted by Crippen LogP contribution is -2.58. The van der Waals surface area contributed by atoms with Crippen LogP contribution in [-0.2, 0) is 4.79 Å². The Balaban J connectivity index is 2.09. The minimum atomic E-state index is -0.945. The molecule has 0 bridgehead atoms. The van der Waals surface area contributed by atoms with Crippen molar-refractivity contribution in [3.05, 3.63) is 29.8 Å². The Morgan fingerprint density at radius 1 is 1.50 bits per heavy atom. The van der Waals surface area contributed by atoms with Gasteiger partial charge in [-0.3, -0.25) is 10.1 Å². The third-order valence-electron chi connectivity index (χ3n) is 3.80. The number of rotatable bonds is 8. The van der Waals surface area contributed by atoms with Gasteiger partial charge in [-0.05, 0) is 56.3 Å². The number of aryl methyl sites for hydroxylation is 1. The van der Waals surface area contributed by atoms with E-state index in [0.29, 0.717) is 6.54 Å². The number of nitrogens with one attached hydrogen (secondary N) is 1. The number of aliphatic carboxylic acids is 1. The fourth-order valence-corrected chi connectivity index (χ4v) is 2.45. The molecule has 0 saturated heterocycles. The number of carboxylic acids is 1. The lowest BCUT2D eigenvalue weighted by atomic mass is 9.94. The zero-order valence-corrected chi connectivity index (χ0v) is 12.2. The average Bonchev–Trinajstić information content (AvgIpc) is 3.24. The summed E-state index contributed by atoms with van der Waals surface area (Å²) in [5.74, 6) is 0.104. The first kappa shape index (κ1) is 14.9. The van der Waals surface area contributed by atoms with Gasteiger partial charge in [-0.2, -0.15) is 0 Å². The lowest BCUT2D eigenvalue weighted by molar-refractivity contribution is -0.147. The minimum Gasteiger partial charge on any atom is -0.491 e. The van der Waals surface area contributed by atoms with Crippen LogP contribution in [0.1, 0.15) is 31.7 Å². The van der Waals surface area contributed by atoms with Crippen LogP contribution in [0.15, 0.2) is 24.3 Å². The average molecular weight is 277 g/mol. The molecule has 0 heterocycles. The van der Waals surface area contributed by atoms with Crippen LogP contribution >= 0.6 is 0 Å². The predicted octanol–water partition coefficient (Wildman–Crippen LogP) is 2.61. The molecule has 0 radical (unpaired) electrons. The Labute approximate surface area is 120 Å². The van der Waals surface area contributed by atoms with Crippen molar-refractivity contribution < 1.29 is 14.6 Å². The first-order valence-electron chi connectivity index (χ1n) is 7.26. The van der Waals surface area contributed by atoms with Gasteiger partial charge in [-0.25, -0.2) is 0 Å². The highest BCUT2D eigenvalue weighted by atomic mass is 16.5. The summed E-state index contributed by atoms with van der Waals surface area (Å²) in [5.41, 5.74) is 0.163. The summed E-state index contributed by atoms with van der Waals surface area (Å²) in [6, 6.07) is 7.71. The van der Waals surface area contributed by atoms with Crippen molar-refractivity contribution in [2.24, 2.45) is 5.92 Å². The number of ether oxygens (including phenoxy) is 1. The van der Waals surface area contributed by atoms with Crippen molar-refractivity contribution in [3.63, 3.8) is 0 Å². The minimum absolute atomic E-state index is 0.177. The van der Waals surface area contributed by atoms with Crippen molar-refractivity contribution in [3.8, 4) is 5.75 Å². The van der Waals surface area contributed by atoms with Gasteiger partial charge in [-0.1, -0.05) is 19.1 Å². The van der Waals surface area contributed by atoms with Gasteiger partial charge in [0.1, 0.15) is 12.4 Å². The maximum Gasteiger partial charge on any atom is 0.327 e. The van der Waals surface area contributed by atoms with Gasteiger partial charge in [0, 0.05) is 0 Å². The van der Waals surface area contributed by atoms with E-state index >= 15 is 0 Å². The molecule has 2 rings (SSSR count). The van der Waals surface area contributed by atoms with Crippen molar-refractivity contribution in [2.75, 3.05) is 13.2 Å². The highest BCUT2D eigenvalue weighted by molar-refractivity contribution is 5.80. The quantitative estimate of drug-likeness (QED) is 0.767. The van der Waals surface area contributed by atoms with E-state index in [0.717, 1.165) is 30.6 Å². The monoisotopic (exact) mass is 277 g/mol. The normalized spacial score (nSPS) is 17.5. The van der Waals surface area contributed by atoms with Crippen molar-refractivity contribution in [1.82, 2.24) is 5.32 Å². The highest BCUT2D eigenvalue weighted by Gasteiger charge is 2.51. The molecule has 0 spiro atoms. The third-order valence-corrected chi connectivity index (χ3v) is 3.80. The highest BCUT2D eigenvalue weighted by Crippen LogP contribution is 2.40. The molecule has 1 saturated carbocycles. The molecular weight excluding hydrogens is 254 g/mol. The first-order valence-corrected chi connectivity index (χ1v) is 7.26. The van der Waals surface area contributed by atoms with Crippen LogP contribution in [0.25, 0.3) is 0 Å². The van der Waals surface area contributed by atoms with Gasteiger partial charge in [0.25, 0.3) is 0 Å². The maximum absolute atomic E-state index is 11.8. The van der Waals surface area contributed by atoms with Gasteiger partial charge in [-0.15, -0.1) is 0 Å². The molecule has 2 N–H and O–H groups in total. The summed E-state index contributed by atoms with van der Waals surface area (Å²) in [6.45, 7) is 4.90. The van der Waals surface area contributed by atoms with Crippen LogP contribution < -0.4 is 10.1 Å². The van der Waals surface area contributed by atoms with E-state index in [2.05, 4.69) is 5.32 Å². The number of carboxylic acid groups (broad SMARTS) is 1. The van der Waals surface area contributed by atoms with Gasteiger partial charge in [0.2, 0.25) is 0 Å². The molecule has 0 aliphatic heterocycles. The predicted molar refractivity (Wildman–Crippen MR) is 78.1 cm³/mol. The molecule has 1 fully saturated rings. The van der Waals surface area contributed by atoms with E-state index in [1.54, 1.807) is 0 Å². The summed E-state index contributed by atoms with van der Waals surface area (Å²) >= 11 is 0. The Bertz CT molecular complexity index is 471. The summed E-state index contributed by atoms with van der Waals surface area (Å²) in [6.07, 6.45) is 2.83. The Kier molecular flexibility index (Phi) is 4.65. The zero-order chi connectivity index (χ0) is 14.6. The molecule has 4 nitrogen and oxygen atoms in total. The Morgan fingerprint density at radius 3 is 2.80 bits per heavy atom. The molecule has 0 amide bonds. The SMILES string of the molecule is CCCNC(COc1cccc(C)c1)(C(=O)O)C1CC1. The van der Waals surface area contributed by atoms with Gasteiger partial charge < -0.3 is 9.84 Å². The second kappa shape index (κ2) is 6.27. The number of hydrogen-bond acceptors (Lipinski definition) is 3. The largest absolute Gasteiger partial charge is 0.491 e. The summed E-state index contributed by atoms with van der Waals surface area (Å²) in [7, 11) is 0. The second-order valence-electron chi connectivity index (χ2n) is 5.58. The smallest absolute Gasteiger partial charge is 0.327 e. The van der Waals surface area contributed by atoms with Crippen molar-refractivity contribution >= 4 is 5.97 Å². The van der Waals surface area contributed by atoms with Gasteiger partial charge in [0.15, 0.2) is 5.54 Å². The van der Waals surface area contributed by atoms with Crippen molar-refractivity contribution in [2.45, 2.75) is 38.6 Å². The van der Waals surface area contributed by atoms with E-state index in [9.17, 15) is 9.90 Å². The van der Waals surface area contributed by atoms with Crippen LogP contribution in [0.2, 0.25) is 0 Å². The molecule has 0 aromatic heterocycles. The lowest BCUT2D eigenvalue weighted by Gasteiger charge is -2.30. The second-order valence-corrected chi connectivity index (χ2v) is 5.58. The molecule has 1 aliphatic carbocycles. The topological polar surface area (TPSA) is 58.6 Å². The summed E-state index contributed by atoms with van der Waals surface area (Å²) < 4.78 is 5.77. The molecule has 110 valence electrons. The van der Waals surface area contributed by atoms with Crippen LogP contribution in [0, 0.1) is 12.8 Å². The van der Waals surface area contributed by atoms with E-state index in [4.69, 9.17) is 4.74 Å². The molecule has 1 aromatic rings. The van der Waals surface area contributed by atoms with Crippen molar-refractivity contribution in [1.29, 1.82) is 0 Å². The van der Waals surface area contributed by atoms with E-state index in [1.165, 1.54) is 0 Å². The zero-order valence-electron chi connectivity index (χ0n) is 12.2. The standard InChI is InChI=1S/C16H23NO3/c1-3-9-17-16(15(18)19,13-7-8-13)11-20-14-6-4-5-12(2)10-14/h4-6,10,13,17H,3,7-9,11H2,1-2H3,(H,18,19). The molecule has 20 heavy (non-hydrogen) atoms. The number of benzene rings is 1. The first-order chi connectivity index (χ1) is 9.58. The van der Waals surface area contributed by atoms with Gasteiger partial charge in [0.05, 0.1) is 0 Å². The Morgan fingerprint density at radius 2 is 2.25 bits per heavy atom. The molecule has 1 atom stereocenters. The van der Waals surface area contributed by atoms with Crippen LogP contribution in [-0.4, -0.2) is 29.8 Å². The summed E-state index contributed by atoms with van der Waals surface area (Å²) in [5, 5.41) is 12.9. The summed E-state index contributed by atoms with van der Waals surface area (Å²) in [4.78, 5) is 11.8. The van der Waals surface area contributed by atoms with Crippen LogP contribution in [0.5, 0.6) is 5.75 Å². The van der Waals surface area contributed by atoms with Crippen LogP contribution in [0.3, 0.4) is 0 Å². The molecule has 1 unspecified atom stereocenters. The third kappa shape index (κ3) is 3.31. The molecule has 4 heteroatoms. The molecular formula is C16H23NO3.